The highest BCUT2D eigenvalue weighted by Crippen LogP contribution is 2.26. The zero-order chi connectivity index (χ0) is 14.8. The Balaban J connectivity index is 1.68. The van der Waals surface area contributed by atoms with E-state index >= 15 is 0 Å². The van der Waals surface area contributed by atoms with Gasteiger partial charge in [-0.25, -0.2) is 4.79 Å². The molecule has 1 aromatic carbocycles. The Bertz CT molecular complexity index is 524. The largest absolute Gasteiger partial charge is 0.478 e. The summed E-state index contributed by atoms with van der Waals surface area (Å²) in [5.74, 6) is -0.841. The molecule has 1 atom stereocenters. The fourth-order valence-corrected chi connectivity index (χ4v) is 3.64. The maximum absolute atomic E-state index is 11.1. The van der Waals surface area contributed by atoms with Crippen LogP contribution < -0.4 is 4.90 Å². The second-order valence-corrected chi connectivity index (χ2v) is 6.29. The fraction of sp³-hybridized carbons (Fsp3) is 0.588. The summed E-state index contributed by atoms with van der Waals surface area (Å²) in [5.41, 5.74) is 2.42. The molecule has 0 bridgehead atoms. The Morgan fingerprint density at radius 1 is 1.19 bits per heavy atom. The molecule has 4 nitrogen and oxygen atoms in total. The van der Waals surface area contributed by atoms with Crippen molar-refractivity contribution in [3.05, 3.63) is 29.3 Å². The van der Waals surface area contributed by atoms with Crippen LogP contribution in [0.4, 0.5) is 5.69 Å². The normalized spacial score (nSPS) is 23.5. The summed E-state index contributed by atoms with van der Waals surface area (Å²) in [6.07, 6.45) is 5.27. The summed E-state index contributed by atoms with van der Waals surface area (Å²) in [6, 6.07) is 6.38. The summed E-state index contributed by atoms with van der Waals surface area (Å²) in [7, 11) is 0. The fourth-order valence-electron chi connectivity index (χ4n) is 3.64. The van der Waals surface area contributed by atoms with Crippen LogP contribution in [0, 0.1) is 6.92 Å². The van der Waals surface area contributed by atoms with Gasteiger partial charge in [0.1, 0.15) is 0 Å². The van der Waals surface area contributed by atoms with Gasteiger partial charge in [-0.2, -0.15) is 0 Å². The minimum atomic E-state index is -0.841. The molecule has 2 aliphatic heterocycles. The first-order chi connectivity index (χ1) is 10.1. The van der Waals surface area contributed by atoms with Crippen LogP contribution in [-0.2, 0) is 0 Å². The van der Waals surface area contributed by atoms with Crippen LogP contribution in [0.2, 0.25) is 0 Å². The molecule has 1 N–H and O–H groups in total. The molecule has 2 saturated heterocycles. The van der Waals surface area contributed by atoms with E-state index in [4.69, 9.17) is 5.11 Å². The van der Waals surface area contributed by atoms with Gasteiger partial charge in [0.2, 0.25) is 0 Å². The Kier molecular flexibility index (Phi) is 4.15. The highest BCUT2D eigenvalue weighted by atomic mass is 16.4. The third-order valence-electron chi connectivity index (χ3n) is 4.88. The number of hydrogen-bond acceptors (Lipinski definition) is 3. The molecule has 4 heteroatoms. The Labute approximate surface area is 126 Å². The number of piperidine rings is 1. The molecule has 0 radical (unpaired) electrons. The number of nitrogens with zero attached hydrogens (tertiary/aromatic N) is 2. The molecule has 0 amide bonds. The van der Waals surface area contributed by atoms with Crippen molar-refractivity contribution in [3.8, 4) is 0 Å². The summed E-state index contributed by atoms with van der Waals surface area (Å²) >= 11 is 0. The van der Waals surface area contributed by atoms with Crippen molar-refractivity contribution in [2.75, 3.05) is 31.1 Å². The monoisotopic (exact) mass is 288 g/mol. The number of aromatic carboxylic acids is 1. The van der Waals surface area contributed by atoms with E-state index < -0.39 is 5.97 Å². The molecule has 0 aromatic heterocycles. The molecule has 114 valence electrons. The zero-order valence-corrected chi connectivity index (χ0v) is 12.7. The molecule has 1 unspecified atom stereocenters. The van der Waals surface area contributed by atoms with Crippen LogP contribution >= 0.6 is 0 Å². The topological polar surface area (TPSA) is 43.8 Å². The first kappa shape index (κ1) is 14.4. The second-order valence-electron chi connectivity index (χ2n) is 6.29. The minimum Gasteiger partial charge on any atom is -0.478 e. The van der Waals surface area contributed by atoms with Gasteiger partial charge in [0, 0.05) is 24.8 Å². The van der Waals surface area contributed by atoms with Crippen LogP contribution in [0.1, 0.15) is 41.6 Å². The number of carboxylic acid groups (broad SMARTS) is 1. The molecule has 21 heavy (non-hydrogen) atoms. The van der Waals surface area contributed by atoms with Crippen LogP contribution in [-0.4, -0.2) is 48.2 Å². The number of rotatable bonds is 3. The predicted molar refractivity (Wildman–Crippen MR) is 84.2 cm³/mol. The van der Waals surface area contributed by atoms with Crippen molar-refractivity contribution < 1.29 is 9.90 Å². The molecule has 0 saturated carbocycles. The number of benzene rings is 1. The Hall–Kier alpha value is -1.55. The first-order valence-corrected chi connectivity index (χ1v) is 7.98. The Morgan fingerprint density at radius 3 is 2.62 bits per heavy atom. The number of aryl methyl sites for hydroxylation is 1. The standard InChI is InChI=1S/C17H24N2O2/c1-13-11-14(5-6-16(13)17(20)21)19-10-7-15(12-19)18-8-3-2-4-9-18/h5-6,11,15H,2-4,7-10,12H2,1H3,(H,20,21). The van der Waals surface area contributed by atoms with E-state index in [1.54, 1.807) is 6.07 Å². The summed E-state index contributed by atoms with van der Waals surface area (Å²) in [4.78, 5) is 16.1. The Morgan fingerprint density at radius 2 is 1.95 bits per heavy atom. The quantitative estimate of drug-likeness (QED) is 0.929. The number of hydrogen-bond donors (Lipinski definition) is 1. The maximum atomic E-state index is 11.1. The van der Waals surface area contributed by atoms with Gasteiger partial charge in [-0.15, -0.1) is 0 Å². The first-order valence-electron chi connectivity index (χ1n) is 7.98. The van der Waals surface area contributed by atoms with Crippen LogP contribution in [0.5, 0.6) is 0 Å². The SMILES string of the molecule is Cc1cc(N2CCC(N3CCCCC3)C2)ccc1C(=O)O. The zero-order valence-electron chi connectivity index (χ0n) is 12.7. The van der Waals surface area contributed by atoms with Gasteiger partial charge in [-0.05, 0) is 63.0 Å². The van der Waals surface area contributed by atoms with Crippen molar-refractivity contribution in [1.82, 2.24) is 4.90 Å². The van der Waals surface area contributed by atoms with E-state index in [0.29, 0.717) is 11.6 Å². The lowest BCUT2D eigenvalue weighted by molar-refractivity contribution is 0.0696. The molecule has 1 aromatic rings. The highest BCUT2D eigenvalue weighted by molar-refractivity contribution is 5.89. The number of anilines is 1. The average molecular weight is 288 g/mol. The number of carboxylic acids is 1. The minimum absolute atomic E-state index is 0.408. The lowest BCUT2D eigenvalue weighted by Crippen LogP contribution is -2.40. The predicted octanol–water partition coefficient (Wildman–Crippen LogP) is 2.76. The third-order valence-corrected chi connectivity index (χ3v) is 4.88. The van der Waals surface area contributed by atoms with Gasteiger partial charge >= 0.3 is 5.97 Å². The highest BCUT2D eigenvalue weighted by Gasteiger charge is 2.28. The molecule has 3 rings (SSSR count). The molecular weight excluding hydrogens is 264 g/mol. The van der Waals surface area contributed by atoms with Gasteiger partial charge in [0.25, 0.3) is 0 Å². The van der Waals surface area contributed by atoms with E-state index in [0.717, 1.165) is 24.3 Å². The summed E-state index contributed by atoms with van der Waals surface area (Å²) in [5, 5.41) is 9.11. The van der Waals surface area contributed by atoms with E-state index in [-0.39, 0.29) is 0 Å². The average Bonchev–Trinajstić information content (AvgIpc) is 2.97. The summed E-state index contributed by atoms with van der Waals surface area (Å²) < 4.78 is 0. The number of likely N-dealkylation sites (tertiary alicyclic amines) is 1. The lowest BCUT2D eigenvalue weighted by atomic mass is 10.1. The van der Waals surface area contributed by atoms with E-state index in [9.17, 15) is 4.79 Å². The van der Waals surface area contributed by atoms with Crippen LogP contribution in [0.25, 0.3) is 0 Å². The van der Waals surface area contributed by atoms with Crippen molar-refractivity contribution in [2.24, 2.45) is 0 Å². The van der Waals surface area contributed by atoms with Gasteiger partial charge < -0.3 is 10.0 Å². The molecule has 0 aliphatic carbocycles. The van der Waals surface area contributed by atoms with Crippen molar-refractivity contribution in [1.29, 1.82) is 0 Å². The van der Waals surface area contributed by atoms with Gasteiger partial charge in [-0.1, -0.05) is 6.42 Å². The maximum Gasteiger partial charge on any atom is 0.335 e. The van der Waals surface area contributed by atoms with E-state index in [1.807, 2.05) is 19.1 Å². The van der Waals surface area contributed by atoms with Crippen LogP contribution in [0.3, 0.4) is 0 Å². The third kappa shape index (κ3) is 3.05. The van der Waals surface area contributed by atoms with Crippen molar-refractivity contribution in [2.45, 2.75) is 38.6 Å². The van der Waals surface area contributed by atoms with Crippen LogP contribution in [0.15, 0.2) is 18.2 Å². The molecule has 2 heterocycles. The summed E-state index contributed by atoms with van der Waals surface area (Å²) in [6.45, 7) is 6.52. The second kappa shape index (κ2) is 6.06. The van der Waals surface area contributed by atoms with E-state index in [1.165, 1.54) is 38.8 Å². The van der Waals surface area contributed by atoms with Gasteiger partial charge in [0.05, 0.1) is 5.56 Å². The molecular formula is C17H24N2O2. The van der Waals surface area contributed by atoms with Gasteiger partial charge in [0.15, 0.2) is 0 Å². The van der Waals surface area contributed by atoms with Crippen molar-refractivity contribution in [3.63, 3.8) is 0 Å². The van der Waals surface area contributed by atoms with E-state index in [2.05, 4.69) is 9.80 Å². The smallest absolute Gasteiger partial charge is 0.335 e. The van der Waals surface area contributed by atoms with Crippen molar-refractivity contribution >= 4 is 11.7 Å². The number of carbonyl (C=O) groups is 1. The molecule has 2 aliphatic rings. The lowest BCUT2D eigenvalue weighted by Gasteiger charge is -2.32. The molecule has 2 fully saturated rings. The molecule has 0 spiro atoms. The van der Waals surface area contributed by atoms with Gasteiger partial charge in [-0.3, -0.25) is 4.90 Å².